The number of fused-ring (bicyclic) bond motifs is 1. The Morgan fingerprint density at radius 1 is 1.05 bits per heavy atom. The van der Waals surface area contributed by atoms with Crippen LogP contribution in [0.5, 0.6) is 11.8 Å². The minimum absolute atomic E-state index is 0.0792. The van der Waals surface area contributed by atoms with Gasteiger partial charge in [-0.3, -0.25) is 10.00 Å². The molecule has 3 N–H and O–H groups in total. The maximum absolute atomic E-state index is 15.2. The SMILES string of the molecule is Cc1cc2c(F)c(Oc3nc(Nc4cc(C5CC5)[nH]n4)cc(N4CCN(CCF)CC4)n3)cc(F)c2[nH]1. The number of aryl methyl sites for hydroxylation is 1. The van der Waals surface area contributed by atoms with Crippen molar-refractivity contribution in [1.29, 1.82) is 0 Å². The Bertz CT molecular complexity index is 1430. The highest BCUT2D eigenvalue weighted by Gasteiger charge is 2.26. The van der Waals surface area contributed by atoms with Gasteiger partial charge >= 0.3 is 6.01 Å². The first-order valence-corrected chi connectivity index (χ1v) is 12.4. The topological polar surface area (TPSA) is 98.0 Å². The number of piperazine rings is 1. The number of benzene rings is 1. The molecule has 1 aliphatic carbocycles. The second kappa shape index (κ2) is 9.58. The molecule has 4 heterocycles. The fourth-order valence-electron chi connectivity index (χ4n) is 4.65. The summed E-state index contributed by atoms with van der Waals surface area (Å²) in [6.07, 6.45) is 2.28. The zero-order chi connectivity index (χ0) is 25.5. The first-order valence-electron chi connectivity index (χ1n) is 12.4. The van der Waals surface area contributed by atoms with Gasteiger partial charge in [0.2, 0.25) is 0 Å². The molecule has 0 amide bonds. The summed E-state index contributed by atoms with van der Waals surface area (Å²) in [6.45, 7) is 4.34. The minimum atomic E-state index is -0.703. The number of aromatic amines is 2. The molecular weight excluding hydrogens is 485 g/mol. The molecule has 6 rings (SSSR count). The van der Waals surface area contributed by atoms with Crippen LogP contribution in [0.1, 0.15) is 30.1 Å². The maximum atomic E-state index is 15.2. The molecule has 37 heavy (non-hydrogen) atoms. The van der Waals surface area contributed by atoms with Gasteiger partial charge in [0.15, 0.2) is 23.2 Å². The molecule has 1 saturated carbocycles. The molecule has 4 aromatic rings. The lowest BCUT2D eigenvalue weighted by atomic mass is 10.2. The minimum Gasteiger partial charge on any atom is -0.421 e. The molecule has 0 unspecified atom stereocenters. The second-order valence-corrected chi connectivity index (χ2v) is 9.53. The molecular formula is C25H27F3N8O. The average molecular weight is 513 g/mol. The fourth-order valence-corrected chi connectivity index (χ4v) is 4.65. The summed E-state index contributed by atoms with van der Waals surface area (Å²) in [6, 6.07) is 6.08. The van der Waals surface area contributed by atoms with E-state index in [9.17, 15) is 8.78 Å². The number of hydrogen-bond donors (Lipinski definition) is 3. The zero-order valence-electron chi connectivity index (χ0n) is 20.3. The summed E-state index contributed by atoms with van der Waals surface area (Å²) >= 11 is 0. The van der Waals surface area contributed by atoms with Crippen LogP contribution in [0.4, 0.5) is 30.6 Å². The van der Waals surface area contributed by atoms with Crippen molar-refractivity contribution in [2.75, 3.05) is 49.6 Å². The molecule has 0 spiro atoms. The summed E-state index contributed by atoms with van der Waals surface area (Å²) in [5, 5.41) is 10.6. The molecule has 12 heteroatoms. The average Bonchev–Trinajstić information content (AvgIpc) is 3.50. The van der Waals surface area contributed by atoms with E-state index in [0.717, 1.165) is 24.6 Å². The van der Waals surface area contributed by atoms with Gasteiger partial charge in [-0.2, -0.15) is 15.1 Å². The smallest absolute Gasteiger partial charge is 0.326 e. The van der Waals surface area contributed by atoms with Gasteiger partial charge in [-0.25, -0.2) is 13.2 Å². The standard InChI is InChI=1S/C25H27F3N8O/c1-14-10-16-23(28)19(11-17(27)24(16)29-14)37-25-31-20(30-21-12-18(33-34-21)15-2-3-15)13-22(32-25)36-8-6-35(5-4-26)7-9-36/h10-13,15,29H,2-9H2,1H3,(H2,30,31,32,33,34). The molecule has 0 bridgehead atoms. The predicted molar refractivity (Wildman–Crippen MR) is 134 cm³/mol. The van der Waals surface area contributed by atoms with Gasteiger partial charge in [-0.15, -0.1) is 0 Å². The van der Waals surface area contributed by atoms with Crippen molar-refractivity contribution < 1.29 is 17.9 Å². The molecule has 1 aliphatic heterocycles. The summed E-state index contributed by atoms with van der Waals surface area (Å²) in [7, 11) is 0. The molecule has 1 saturated heterocycles. The van der Waals surface area contributed by atoms with Crippen molar-refractivity contribution in [1.82, 2.24) is 30.0 Å². The van der Waals surface area contributed by atoms with Crippen LogP contribution >= 0.6 is 0 Å². The maximum Gasteiger partial charge on any atom is 0.326 e. The predicted octanol–water partition coefficient (Wildman–Crippen LogP) is 4.77. The fraction of sp³-hybridized carbons (Fsp3) is 0.400. The lowest BCUT2D eigenvalue weighted by Gasteiger charge is -2.35. The summed E-state index contributed by atoms with van der Waals surface area (Å²) < 4.78 is 48.4. The number of rotatable bonds is 8. The van der Waals surface area contributed by atoms with Crippen LogP contribution in [-0.4, -0.2) is 69.4 Å². The second-order valence-electron chi connectivity index (χ2n) is 9.53. The van der Waals surface area contributed by atoms with Crippen molar-refractivity contribution >= 4 is 28.4 Å². The van der Waals surface area contributed by atoms with E-state index in [4.69, 9.17) is 4.74 Å². The third-order valence-corrected chi connectivity index (χ3v) is 6.76. The molecule has 194 valence electrons. The molecule has 2 fully saturated rings. The van der Waals surface area contributed by atoms with Crippen molar-refractivity contribution in [2.45, 2.75) is 25.7 Å². The Labute approximate surface area is 211 Å². The van der Waals surface area contributed by atoms with E-state index >= 15 is 4.39 Å². The van der Waals surface area contributed by atoms with E-state index in [-0.39, 0.29) is 29.3 Å². The van der Waals surface area contributed by atoms with Crippen LogP contribution in [0, 0.1) is 18.6 Å². The van der Waals surface area contributed by atoms with Crippen molar-refractivity contribution in [3.8, 4) is 11.8 Å². The van der Waals surface area contributed by atoms with Gasteiger partial charge in [0.25, 0.3) is 0 Å². The van der Waals surface area contributed by atoms with Crippen molar-refractivity contribution in [3.63, 3.8) is 0 Å². The first kappa shape index (κ1) is 23.6. The van der Waals surface area contributed by atoms with Crippen LogP contribution < -0.4 is 15.0 Å². The number of nitrogens with one attached hydrogen (secondary N) is 3. The normalized spacial score (nSPS) is 16.5. The van der Waals surface area contributed by atoms with Gasteiger partial charge < -0.3 is 19.9 Å². The third kappa shape index (κ3) is 4.93. The Morgan fingerprint density at radius 2 is 1.86 bits per heavy atom. The molecule has 1 aromatic carbocycles. The summed E-state index contributed by atoms with van der Waals surface area (Å²) in [5.41, 5.74) is 1.77. The molecule has 0 radical (unpaired) electrons. The number of aromatic nitrogens is 5. The number of halogens is 3. The Balaban J connectivity index is 1.31. The lowest BCUT2D eigenvalue weighted by molar-refractivity contribution is 0.235. The zero-order valence-corrected chi connectivity index (χ0v) is 20.3. The largest absolute Gasteiger partial charge is 0.421 e. The highest BCUT2D eigenvalue weighted by Crippen LogP contribution is 2.40. The van der Waals surface area contributed by atoms with Crippen LogP contribution in [-0.2, 0) is 0 Å². The van der Waals surface area contributed by atoms with Crippen LogP contribution in [0.15, 0.2) is 24.3 Å². The number of H-pyrrole nitrogens is 2. The highest BCUT2D eigenvalue weighted by molar-refractivity contribution is 5.83. The monoisotopic (exact) mass is 512 g/mol. The Morgan fingerprint density at radius 3 is 2.62 bits per heavy atom. The van der Waals surface area contributed by atoms with Crippen LogP contribution in [0.3, 0.4) is 0 Å². The van der Waals surface area contributed by atoms with E-state index in [2.05, 4.69) is 30.5 Å². The van der Waals surface area contributed by atoms with E-state index in [1.807, 2.05) is 15.9 Å². The first-order chi connectivity index (χ1) is 18.0. The van der Waals surface area contributed by atoms with Gasteiger partial charge in [0.1, 0.15) is 18.3 Å². The van der Waals surface area contributed by atoms with Crippen LogP contribution in [0.25, 0.3) is 10.9 Å². The van der Waals surface area contributed by atoms with Crippen molar-refractivity contribution in [3.05, 3.63) is 47.3 Å². The lowest BCUT2D eigenvalue weighted by Crippen LogP contribution is -2.47. The van der Waals surface area contributed by atoms with E-state index in [1.54, 1.807) is 13.0 Å². The number of alkyl halides is 1. The number of nitrogens with zero attached hydrogens (tertiary/aromatic N) is 5. The molecule has 0 atom stereocenters. The van der Waals surface area contributed by atoms with Gasteiger partial charge in [-0.1, -0.05) is 0 Å². The quantitative estimate of drug-likeness (QED) is 0.313. The van der Waals surface area contributed by atoms with E-state index in [0.29, 0.717) is 61.8 Å². The molecule has 9 nitrogen and oxygen atoms in total. The number of ether oxygens (including phenoxy) is 1. The highest BCUT2D eigenvalue weighted by atomic mass is 19.1. The Kier molecular flexibility index (Phi) is 6.11. The van der Waals surface area contributed by atoms with Gasteiger partial charge in [0.05, 0.1) is 5.52 Å². The van der Waals surface area contributed by atoms with Gasteiger partial charge in [0, 0.05) is 73.6 Å². The Hall–Kier alpha value is -3.80. The molecule has 2 aliphatic rings. The molecule has 3 aromatic heterocycles. The summed E-state index contributed by atoms with van der Waals surface area (Å²) in [5.74, 6) is 0.410. The number of anilines is 3. The number of hydrogen-bond acceptors (Lipinski definition) is 7. The summed E-state index contributed by atoms with van der Waals surface area (Å²) in [4.78, 5) is 15.8. The van der Waals surface area contributed by atoms with Crippen molar-refractivity contribution in [2.24, 2.45) is 0 Å². The van der Waals surface area contributed by atoms with Crippen LogP contribution in [0.2, 0.25) is 0 Å². The van der Waals surface area contributed by atoms with E-state index in [1.165, 1.54) is 6.07 Å². The third-order valence-electron chi connectivity index (χ3n) is 6.76. The van der Waals surface area contributed by atoms with Gasteiger partial charge in [-0.05, 0) is 25.8 Å². The van der Waals surface area contributed by atoms with E-state index < -0.39 is 11.6 Å².